The van der Waals surface area contributed by atoms with Gasteiger partial charge in [0.15, 0.2) is 0 Å². The third-order valence-electron chi connectivity index (χ3n) is 3.08. The fourth-order valence-corrected chi connectivity index (χ4v) is 2.07. The van der Waals surface area contributed by atoms with Crippen LogP contribution in [0.2, 0.25) is 5.02 Å². The van der Waals surface area contributed by atoms with Crippen molar-refractivity contribution in [2.45, 2.75) is 0 Å². The molecule has 3 rings (SSSR count). The molecule has 9 nitrogen and oxygen atoms in total. The molecule has 1 aromatic carbocycles. The van der Waals surface area contributed by atoms with Gasteiger partial charge in [-0.2, -0.15) is 0 Å². The normalized spacial score (nSPS) is 10.1. The van der Waals surface area contributed by atoms with Gasteiger partial charge in [-0.1, -0.05) is 29.8 Å². The molecule has 0 unspecified atom stereocenters. The van der Waals surface area contributed by atoms with E-state index in [4.69, 9.17) is 11.6 Å². The summed E-state index contributed by atoms with van der Waals surface area (Å²) in [4.78, 5) is 22.8. The fourth-order valence-electron chi connectivity index (χ4n) is 1.96. The maximum absolute atomic E-state index is 11.5. The first-order valence-corrected chi connectivity index (χ1v) is 7.46. The molecule has 0 bridgehead atoms. The van der Waals surface area contributed by atoms with E-state index in [1.807, 2.05) is 18.2 Å². The van der Waals surface area contributed by atoms with Crippen LogP contribution < -0.4 is 16.2 Å². The number of halogens is 1. The molecule has 3 N–H and O–H groups in total. The maximum Gasteiger partial charge on any atom is 0.355 e. The zero-order valence-corrected chi connectivity index (χ0v) is 13.4. The Morgan fingerprint density at radius 1 is 0.960 bits per heavy atom. The Labute approximate surface area is 147 Å². The zero-order valence-electron chi connectivity index (χ0n) is 12.7. The summed E-state index contributed by atoms with van der Waals surface area (Å²) in [5.41, 5.74) is 5.98. The lowest BCUT2D eigenvalue weighted by Crippen LogP contribution is -2.13. The molecule has 0 amide bonds. The number of anilines is 4. The van der Waals surface area contributed by atoms with E-state index in [1.54, 1.807) is 24.3 Å². The van der Waals surface area contributed by atoms with Crippen molar-refractivity contribution >= 4 is 40.4 Å². The molecule has 0 saturated carbocycles. The molecule has 0 fully saturated rings. The highest BCUT2D eigenvalue weighted by Crippen LogP contribution is 2.30. The van der Waals surface area contributed by atoms with Crippen LogP contribution in [0.5, 0.6) is 0 Å². The SMILES string of the molecule is O=[N+]([O-])c1c(NNc2ccccc2)ncnc1Nc1ccc(Cl)cn1. The van der Waals surface area contributed by atoms with E-state index in [1.165, 1.54) is 12.5 Å². The number of rotatable bonds is 6. The van der Waals surface area contributed by atoms with Crippen LogP contribution in [-0.4, -0.2) is 19.9 Å². The largest absolute Gasteiger partial charge is 0.355 e. The number of hydrogen-bond acceptors (Lipinski definition) is 8. The molecule has 25 heavy (non-hydrogen) atoms. The molecule has 0 aliphatic heterocycles. The first-order chi connectivity index (χ1) is 12.1. The van der Waals surface area contributed by atoms with Crippen LogP contribution >= 0.6 is 11.6 Å². The van der Waals surface area contributed by atoms with Crippen molar-refractivity contribution in [2.24, 2.45) is 0 Å². The Morgan fingerprint density at radius 2 is 1.72 bits per heavy atom. The van der Waals surface area contributed by atoms with Gasteiger partial charge in [-0.25, -0.2) is 15.0 Å². The van der Waals surface area contributed by atoms with Gasteiger partial charge in [-0.05, 0) is 24.3 Å². The van der Waals surface area contributed by atoms with Gasteiger partial charge in [0.05, 0.1) is 15.6 Å². The number of nitrogens with zero attached hydrogens (tertiary/aromatic N) is 4. The van der Waals surface area contributed by atoms with Gasteiger partial charge < -0.3 is 5.32 Å². The number of nitro groups is 1. The van der Waals surface area contributed by atoms with Gasteiger partial charge in [0.25, 0.3) is 0 Å². The van der Waals surface area contributed by atoms with E-state index in [9.17, 15) is 10.1 Å². The Morgan fingerprint density at radius 3 is 2.40 bits per heavy atom. The van der Waals surface area contributed by atoms with Gasteiger partial charge in [0.2, 0.25) is 11.6 Å². The number of para-hydroxylation sites is 1. The maximum atomic E-state index is 11.5. The molecule has 2 aromatic heterocycles. The summed E-state index contributed by atoms with van der Waals surface area (Å²) in [6.45, 7) is 0. The minimum atomic E-state index is -0.576. The molecule has 0 aliphatic rings. The average molecular weight is 358 g/mol. The van der Waals surface area contributed by atoms with E-state index in [0.717, 1.165) is 5.69 Å². The molecule has 3 aromatic rings. The first-order valence-electron chi connectivity index (χ1n) is 7.08. The van der Waals surface area contributed by atoms with Crippen molar-refractivity contribution in [3.63, 3.8) is 0 Å². The summed E-state index contributed by atoms with van der Waals surface area (Å²) < 4.78 is 0. The van der Waals surface area contributed by atoms with Crippen LogP contribution in [0.25, 0.3) is 0 Å². The monoisotopic (exact) mass is 357 g/mol. The summed E-state index contributed by atoms with van der Waals surface area (Å²) in [7, 11) is 0. The van der Waals surface area contributed by atoms with E-state index in [-0.39, 0.29) is 17.3 Å². The second-order valence-corrected chi connectivity index (χ2v) is 5.22. The number of benzene rings is 1. The number of hydrazine groups is 1. The topological polar surface area (TPSA) is 118 Å². The van der Waals surface area contributed by atoms with Gasteiger partial charge in [-0.15, -0.1) is 0 Å². The summed E-state index contributed by atoms with van der Waals surface area (Å²) in [6, 6.07) is 12.3. The predicted molar refractivity (Wildman–Crippen MR) is 94.9 cm³/mol. The van der Waals surface area contributed by atoms with E-state index < -0.39 is 4.92 Å². The van der Waals surface area contributed by atoms with Crippen LogP contribution in [0.4, 0.5) is 28.8 Å². The molecule has 2 heterocycles. The van der Waals surface area contributed by atoms with Crippen molar-refractivity contribution in [3.05, 3.63) is 70.1 Å². The molecular weight excluding hydrogens is 346 g/mol. The number of aromatic nitrogens is 3. The van der Waals surface area contributed by atoms with E-state index in [0.29, 0.717) is 10.8 Å². The Bertz CT molecular complexity index is 875. The lowest BCUT2D eigenvalue weighted by molar-refractivity contribution is -0.383. The first kappa shape index (κ1) is 16.4. The lowest BCUT2D eigenvalue weighted by atomic mass is 10.3. The molecule has 0 radical (unpaired) electrons. The van der Waals surface area contributed by atoms with E-state index >= 15 is 0 Å². The lowest BCUT2D eigenvalue weighted by Gasteiger charge is -2.11. The van der Waals surface area contributed by atoms with Gasteiger partial charge in [-0.3, -0.25) is 21.0 Å². The Balaban J connectivity index is 1.86. The van der Waals surface area contributed by atoms with Crippen LogP contribution in [0.1, 0.15) is 0 Å². The zero-order chi connectivity index (χ0) is 17.6. The smallest absolute Gasteiger partial charge is 0.319 e. The summed E-state index contributed by atoms with van der Waals surface area (Å²) in [5.74, 6) is 0.390. The third-order valence-corrected chi connectivity index (χ3v) is 3.30. The quantitative estimate of drug-likeness (QED) is 0.452. The second-order valence-electron chi connectivity index (χ2n) is 4.78. The standard InChI is InChI=1S/C15H12ClN7O2/c16-10-6-7-12(17-8-10)20-14-13(23(24)25)15(19-9-18-14)22-21-11-4-2-1-3-5-11/h1-9,21H,(H2,17,18,19,20,22). The van der Waals surface area contributed by atoms with Gasteiger partial charge in [0.1, 0.15) is 12.1 Å². The predicted octanol–water partition coefficient (Wildman–Crippen LogP) is 3.62. The van der Waals surface area contributed by atoms with Crippen molar-refractivity contribution < 1.29 is 4.92 Å². The molecule has 0 atom stereocenters. The average Bonchev–Trinajstić information content (AvgIpc) is 2.62. The Kier molecular flexibility index (Phi) is 4.86. The van der Waals surface area contributed by atoms with Crippen LogP contribution in [0.15, 0.2) is 55.0 Å². The third kappa shape index (κ3) is 4.09. The summed E-state index contributed by atoms with van der Waals surface area (Å²) >= 11 is 5.78. The molecule has 0 aliphatic carbocycles. The van der Waals surface area contributed by atoms with Crippen LogP contribution in [0, 0.1) is 10.1 Å². The number of nitrogens with one attached hydrogen (secondary N) is 3. The minimum Gasteiger partial charge on any atom is -0.319 e. The fraction of sp³-hybridized carbons (Fsp3) is 0. The second kappa shape index (κ2) is 7.41. The number of hydrogen-bond donors (Lipinski definition) is 3. The number of pyridine rings is 1. The summed E-state index contributed by atoms with van der Waals surface area (Å²) in [6.07, 6.45) is 2.63. The van der Waals surface area contributed by atoms with Gasteiger partial charge >= 0.3 is 5.69 Å². The Hall–Kier alpha value is -3.46. The van der Waals surface area contributed by atoms with Crippen molar-refractivity contribution in [1.29, 1.82) is 0 Å². The minimum absolute atomic E-state index is 0.00665. The molecule has 10 heteroatoms. The molecular formula is C15H12ClN7O2. The summed E-state index contributed by atoms with van der Waals surface area (Å²) in [5, 5.41) is 14.7. The van der Waals surface area contributed by atoms with Crippen molar-refractivity contribution in [2.75, 3.05) is 16.2 Å². The highest BCUT2D eigenvalue weighted by Gasteiger charge is 2.23. The van der Waals surface area contributed by atoms with Crippen LogP contribution in [-0.2, 0) is 0 Å². The van der Waals surface area contributed by atoms with Crippen molar-refractivity contribution in [1.82, 2.24) is 15.0 Å². The van der Waals surface area contributed by atoms with E-state index in [2.05, 4.69) is 31.1 Å². The van der Waals surface area contributed by atoms with Gasteiger partial charge in [0, 0.05) is 6.20 Å². The van der Waals surface area contributed by atoms with Crippen molar-refractivity contribution in [3.8, 4) is 0 Å². The molecule has 0 saturated heterocycles. The molecule has 0 spiro atoms. The highest BCUT2D eigenvalue weighted by atomic mass is 35.5. The van der Waals surface area contributed by atoms with Crippen LogP contribution in [0.3, 0.4) is 0 Å². The molecule has 126 valence electrons. The highest BCUT2D eigenvalue weighted by molar-refractivity contribution is 6.30.